The van der Waals surface area contributed by atoms with Crippen LogP contribution in [0.15, 0.2) is 0 Å². The van der Waals surface area contributed by atoms with Crippen LogP contribution in [0.1, 0.15) is 46.0 Å². The number of carboxylic acid groups (broad SMARTS) is 1. The number of amides is 1. The lowest BCUT2D eigenvalue weighted by Gasteiger charge is -2.20. The Bertz CT molecular complexity index is 330. The molecule has 0 bridgehead atoms. The second-order valence-corrected chi connectivity index (χ2v) is 5.85. The minimum atomic E-state index is -0.915. The fraction of sp³-hybridized carbons (Fsp3) is 0.857. The van der Waals surface area contributed by atoms with Gasteiger partial charge in [-0.15, -0.1) is 0 Å². The lowest BCUT2D eigenvalue weighted by Crippen LogP contribution is -2.45. The number of fused-ring (bicyclic) bond motifs is 1. The molecule has 2 aliphatic rings. The summed E-state index contributed by atoms with van der Waals surface area (Å²) < 4.78 is 0. The Morgan fingerprint density at radius 2 is 1.83 bits per heavy atom. The first-order valence-corrected chi connectivity index (χ1v) is 7.09. The molecule has 0 saturated heterocycles. The van der Waals surface area contributed by atoms with E-state index in [2.05, 4.69) is 5.32 Å². The first-order valence-electron chi connectivity index (χ1n) is 7.09. The van der Waals surface area contributed by atoms with Crippen molar-refractivity contribution >= 4 is 11.9 Å². The highest BCUT2D eigenvalue weighted by molar-refractivity contribution is 5.87. The van der Waals surface area contributed by atoms with Crippen LogP contribution in [-0.4, -0.2) is 23.0 Å². The van der Waals surface area contributed by atoms with Crippen molar-refractivity contribution in [3.63, 3.8) is 0 Å². The zero-order chi connectivity index (χ0) is 13.3. The lowest BCUT2D eigenvalue weighted by atomic mass is 9.99. The summed E-state index contributed by atoms with van der Waals surface area (Å²) in [7, 11) is 0. The molecule has 2 aliphatic carbocycles. The molecule has 1 amide bonds. The molecule has 0 aromatic rings. The average molecular weight is 253 g/mol. The van der Waals surface area contributed by atoms with Crippen LogP contribution in [0.3, 0.4) is 0 Å². The van der Waals surface area contributed by atoms with Gasteiger partial charge < -0.3 is 10.4 Å². The monoisotopic (exact) mass is 253 g/mol. The normalized spacial score (nSPS) is 33.1. The summed E-state index contributed by atoms with van der Waals surface area (Å²) in [5, 5.41) is 11.9. The number of aliphatic carboxylic acids is 1. The van der Waals surface area contributed by atoms with Crippen molar-refractivity contribution in [1.82, 2.24) is 5.32 Å². The van der Waals surface area contributed by atoms with Crippen molar-refractivity contribution in [2.45, 2.75) is 52.0 Å². The highest BCUT2D eigenvalue weighted by Gasteiger charge is 2.55. The molecule has 0 radical (unpaired) electrons. The van der Waals surface area contributed by atoms with Gasteiger partial charge in [0, 0.05) is 5.92 Å². The van der Waals surface area contributed by atoms with Gasteiger partial charge in [0.15, 0.2) is 0 Å². The van der Waals surface area contributed by atoms with Crippen molar-refractivity contribution in [3.8, 4) is 0 Å². The van der Waals surface area contributed by atoms with Gasteiger partial charge in [-0.2, -0.15) is 0 Å². The van der Waals surface area contributed by atoms with E-state index in [0.29, 0.717) is 11.8 Å². The van der Waals surface area contributed by atoms with Crippen LogP contribution in [0.5, 0.6) is 0 Å². The Morgan fingerprint density at radius 1 is 1.28 bits per heavy atom. The topological polar surface area (TPSA) is 66.4 Å². The largest absolute Gasteiger partial charge is 0.480 e. The Morgan fingerprint density at radius 3 is 2.28 bits per heavy atom. The van der Waals surface area contributed by atoms with Gasteiger partial charge in [-0.3, -0.25) is 4.79 Å². The van der Waals surface area contributed by atoms with Gasteiger partial charge >= 0.3 is 5.97 Å². The minimum Gasteiger partial charge on any atom is -0.480 e. The smallest absolute Gasteiger partial charge is 0.326 e. The first-order chi connectivity index (χ1) is 8.56. The van der Waals surface area contributed by atoms with Crippen molar-refractivity contribution < 1.29 is 14.7 Å². The molecule has 4 unspecified atom stereocenters. The molecule has 4 nitrogen and oxygen atoms in total. The van der Waals surface area contributed by atoms with E-state index in [-0.39, 0.29) is 17.7 Å². The molecule has 0 spiro atoms. The summed E-state index contributed by atoms with van der Waals surface area (Å²) in [6, 6.07) is -0.731. The fourth-order valence-electron chi connectivity index (χ4n) is 3.31. The lowest BCUT2D eigenvalue weighted by molar-refractivity contribution is -0.143. The molecule has 2 N–H and O–H groups in total. The standard InChI is InChI=1S/C14H23NO3/c1-3-8(2)12(14(17)18)15-13(16)11-9-6-4-5-7-10(9)11/h8-12H,3-7H2,1-2H3,(H,15,16)(H,17,18). The number of carboxylic acids is 1. The third-order valence-corrected chi connectivity index (χ3v) is 4.74. The second kappa shape index (κ2) is 5.29. The molecule has 2 fully saturated rings. The summed E-state index contributed by atoms with van der Waals surface area (Å²) in [4.78, 5) is 23.3. The van der Waals surface area contributed by atoms with E-state index >= 15 is 0 Å². The number of hydrogen-bond acceptors (Lipinski definition) is 2. The van der Waals surface area contributed by atoms with Gasteiger partial charge in [-0.05, 0) is 30.6 Å². The van der Waals surface area contributed by atoms with E-state index in [9.17, 15) is 9.59 Å². The maximum Gasteiger partial charge on any atom is 0.326 e. The third-order valence-electron chi connectivity index (χ3n) is 4.74. The highest BCUT2D eigenvalue weighted by Crippen LogP contribution is 2.55. The van der Waals surface area contributed by atoms with Gasteiger partial charge in [-0.25, -0.2) is 4.79 Å². The zero-order valence-electron chi connectivity index (χ0n) is 11.2. The van der Waals surface area contributed by atoms with Crippen LogP contribution >= 0.6 is 0 Å². The Kier molecular flexibility index (Phi) is 3.93. The molecule has 4 atom stereocenters. The van der Waals surface area contributed by atoms with E-state index in [4.69, 9.17) is 5.11 Å². The minimum absolute atomic E-state index is 0.0211. The molecule has 0 heterocycles. The van der Waals surface area contributed by atoms with E-state index in [0.717, 1.165) is 19.3 Å². The maximum atomic E-state index is 12.1. The van der Waals surface area contributed by atoms with Gasteiger partial charge in [0.05, 0.1) is 0 Å². The number of carbonyl (C=O) groups is 2. The zero-order valence-corrected chi connectivity index (χ0v) is 11.2. The van der Waals surface area contributed by atoms with Crippen LogP contribution in [0.25, 0.3) is 0 Å². The molecule has 0 aromatic carbocycles. The molecule has 2 saturated carbocycles. The summed E-state index contributed by atoms with van der Waals surface area (Å²) in [5.74, 6) is 0.196. The molecule has 2 rings (SSSR count). The van der Waals surface area contributed by atoms with Gasteiger partial charge in [-0.1, -0.05) is 33.1 Å². The summed E-state index contributed by atoms with van der Waals surface area (Å²) in [6.45, 7) is 3.82. The van der Waals surface area contributed by atoms with E-state index in [1.807, 2.05) is 13.8 Å². The van der Waals surface area contributed by atoms with Crippen LogP contribution in [0, 0.1) is 23.7 Å². The summed E-state index contributed by atoms with van der Waals surface area (Å²) >= 11 is 0. The van der Waals surface area contributed by atoms with Crippen molar-refractivity contribution in [3.05, 3.63) is 0 Å². The van der Waals surface area contributed by atoms with Crippen LogP contribution in [0.2, 0.25) is 0 Å². The molecule has 102 valence electrons. The molecule has 4 heteroatoms. The van der Waals surface area contributed by atoms with Crippen molar-refractivity contribution in [1.29, 1.82) is 0 Å². The van der Waals surface area contributed by atoms with Crippen LogP contribution in [-0.2, 0) is 9.59 Å². The van der Waals surface area contributed by atoms with E-state index < -0.39 is 12.0 Å². The average Bonchev–Trinajstić information content (AvgIpc) is 3.08. The predicted octanol–water partition coefficient (Wildman–Crippen LogP) is 2.04. The van der Waals surface area contributed by atoms with Gasteiger partial charge in [0.2, 0.25) is 5.91 Å². The van der Waals surface area contributed by atoms with Gasteiger partial charge in [0.25, 0.3) is 0 Å². The first kappa shape index (κ1) is 13.4. The van der Waals surface area contributed by atoms with Crippen LogP contribution < -0.4 is 5.32 Å². The molecular weight excluding hydrogens is 230 g/mol. The highest BCUT2D eigenvalue weighted by atomic mass is 16.4. The molecular formula is C14H23NO3. The van der Waals surface area contributed by atoms with E-state index in [1.165, 1.54) is 12.8 Å². The molecule has 0 aromatic heterocycles. The number of nitrogens with one attached hydrogen (secondary N) is 1. The van der Waals surface area contributed by atoms with Crippen molar-refractivity contribution in [2.24, 2.45) is 23.7 Å². The van der Waals surface area contributed by atoms with E-state index in [1.54, 1.807) is 0 Å². The second-order valence-electron chi connectivity index (χ2n) is 5.85. The number of rotatable bonds is 5. The summed E-state index contributed by atoms with van der Waals surface area (Å²) in [6.07, 6.45) is 5.49. The summed E-state index contributed by atoms with van der Waals surface area (Å²) in [5.41, 5.74) is 0. The third kappa shape index (κ3) is 2.52. The Hall–Kier alpha value is -1.06. The number of carbonyl (C=O) groups excluding carboxylic acids is 1. The van der Waals surface area contributed by atoms with Crippen LogP contribution in [0.4, 0.5) is 0 Å². The molecule has 18 heavy (non-hydrogen) atoms. The van der Waals surface area contributed by atoms with Gasteiger partial charge in [0.1, 0.15) is 6.04 Å². The predicted molar refractivity (Wildman–Crippen MR) is 68.0 cm³/mol. The Balaban J connectivity index is 1.92. The Labute approximate surface area is 108 Å². The SMILES string of the molecule is CCC(C)C(NC(=O)C1C2CCCCC21)C(=O)O. The van der Waals surface area contributed by atoms with Crippen molar-refractivity contribution in [2.75, 3.05) is 0 Å². The quantitative estimate of drug-likeness (QED) is 0.788. The molecule has 0 aliphatic heterocycles. The maximum absolute atomic E-state index is 12.1. The number of hydrogen-bond donors (Lipinski definition) is 2. The fourth-order valence-corrected chi connectivity index (χ4v) is 3.31.